The summed E-state index contributed by atoms with van der Waals surface area (Å²) in [6, 6.07) is 12.5. The number of rotatable bonds is 4. The molecule has 2 rings (SSSR count). The van der Waals surface area contributed by atoms with E-state index in [-0.39, 0.29) is 22.6 Å². The highest BCUT2D eigenvalue weighted by atomic mass is 16.5. The lowest BCUT2D eigenvalue weighted by Gasteiger charge is -1.99. The van der Waals surface area contributed by atoms with Crippen molar-refractivity contribution in [1.29, 1.82) is 0 Å². The second-order valence-electron chi connectivity index (χ2n) is 5.37. The SMILES string of the molecule is CCCCC.COC(=O)c1ccccc1O.COC(=O)c1ccccc1O. The number of esters is 2. The van der Waals surface area contributed by atoms with Crippen molar-refractivity contribution < 1.29 is 29.3 Å². The van der Waals surface area contributed by atoms with Crippen LogP contribution >= 0.6 is 0 Å². The molecule has 0 fully saturated rings. The quantitative estimate of drug-likeness (QED) is 0.760. The minimum Gasteiger partial charge on any atom is -0.507 e. The van der Waals surface area contributed by atoms with Gasteiger partial charge in [0.2, 0.25) is 0 Å². The Labute approximate surface area is 160 Å². The molecule has 6 nitrogen and oxygen atoms in total. The highest BCUT2D eigenvalue weighted by Crippen LogP contribution is 2.16. The summed E-state index contributed by atoms with van der Waals surface area (Å²) in [6.07, 6.45) is 4.08. The van der Waals surface area contributed by atoms with Gasteiger partial charge in [-0.3, -0.25) is 0 Å². The third-order valence-electron chi connectivity index (χ3n) is 3.33. The highest BCUT2D eigenvalue weighted by Gasteiger charge is 2.09. The van der Waals surface area contributed by atoms with Crippen LogP contribution < -0.4 is 0 Å². The summed E-state index contributed by atoms with van der Waals surface area (Å²) >= 11 is 0. The summed E-state index contributed by atoms with van der Waals surface area (Å²) in [4.78, 5) is 21.7. The number of benzene rings is 2. The van der Waals surface area contributed by atoms with Crippen molar-refractivity contribution in [3.63, 3.8) is 0 Å². The van der Waals surface area contributed by atoms with Gasteiger partial charge in [-0.1, -0.05) is 57.4 Å². The molecule has 0 saturated heterocycles. The van der Waals surface area contributed by atoms with E-state index in [1.165, 1.54) is 57.7 Å². The molecule has 0 radical (unpaired) electrons. The molecule has 0 aliphatic heterocycles. The number of para-hydroxylation sites is 2. The van der Waals surface area contributed by atoms with E-state index in [4.69, 9.17) is 10.2 Å². The maximum absolute atomic E-state index is 10.9. The van der Waals surface area contributed by atoms with Crippen molar-refractivity contribution in [2.45, 2.75) is 33.1 Å². The van der Waals surface area contributed by atoms with Gasteiger partial charge in [0.25, 0.3) is 0 Å². The van der Waals surface area contributed by atoms with E-state index in [1.807, 2.05) is 0 Å². The van der Waals surface area contributed by atoms with E-state index >= 15 is 0 Å². The molecule has 0 spiro atoms. The number of phenols is 2. The van der Waals surface area contributed by atoms with Crippen LogP contribution in [0.2, 0.25) is 0 Å². The molecule has 2 aromatic carbocycles. The van der Waals surface area contributed by atoms with Crippen LogP contribution in [0.15, 0.2) is 48.5 Å². The van der Waals surface area contributed by atoms with Crippen molar-refractivity contribution in [3.8, 4) is 11.5 Å². The zero-order chi connectivity index (χ0) is 20.7. The van der Waals surface area contributed by atoms with Gasteiger partial charge in [-0.2, -0.15) is 0 Å². The van der Waals surface area contributed by atoms with Gasteiger partial charge in [-0.05, 0) is 24.3 Å². The first kappa shape index (κ1) is 24.0. The van der Waals surface area contributed by atoms with Crippen molar-refractivity contribution in [1.82, 2.24) is 0 Å². The molecule has 0 aliphatic carbocycles. The van der Waals surface area contributed by atoms with Crippen LogP contribution in [0.25, 0.3) is 0 Å². The van der Waals surface area contributed by atoms with E-state index < -0.39 is 11.9 Å². The van der Waals surface area contributed by atoms with Crippen LogP contribution in [0, 0.1) is 0 Å². The molecule has 148 valence electrons. The molecule has 2 N–H and O–H groups in total. The Hall–Kier alpha value is -3.02. The van der Waals surface area contributed by atoms with Gasteiger partial charge in [0.15, 0.2) is 0 Å². The first-order chi connectivity index (χ1) is 12.9. The number of unbranched alkanes of at least 4 members (excludes halogenated alkanes) is 2. The summed E-state index contributed by atoms with van der Waals surface area (Å²) in [5.41, 5.74) is 0.380. The van der Waals surface area contributed by atoms with Gasteiger partial charge in [0.1, 0.15) is 22.6 Å². The number of ether oxygens (including phenoxy) is 2. The minimum atomic E-state index is -0.525. The number of aromatic hydroxyl groups is 2. The fourth-order valence-electron chi connectivity index (χ4n) is 1.87. The topological polar surface area (TPSA) is 93.1 Å². The predicted molar refractivity (Wildman–Crippen MR) is 104 cm³/mol. The normalized spacial score (nSPS) is 9.04. The Bertz CT molecular complexity index is 637. The average Bonchev–Trinajstić information content (AvgIpc) is 2.69. The van der Waals surface area contributed by atoms with Gasteiger partial charge in [-0.25, -0.2) is 9.59 Å². The maximum atomic E-state index is 10.9. The van der Waals surface area contributed by atoms with Crippen molar-refractivity contribution in [2.24, 2.45) is 0 Å². The van der Waals surface area contributed by atoms with Gasteiger partial charge in [-0.15, -0.1) is 0 Å². The number of hydrogen-bond acceptors (Lipinski definition) is 6. The molecule has 0 saturated carbocycles. The maximum Gasteiger partial charge on any atom is 0.341 e. The van der Waals surface area contributed by atoms with Crippen LogP contribution in [-0.4, -0.2) is 36.4 Å². The zero-order valence-electron chi connectivity index (χ0n) is 16.3. The van der Waals surface area contributed by atoms with Gasteiger partial charge < -0.3 is 19.7 Å². The van der Waals surface area contributed by atoms with Gasteiger partial charge in [0, 0.05) is 0 Å². The van der Waals surface area contributed by atoms with Crippen LogP contribution in [-0.2, 0) is 9.47 Å². The first-order valence-electron chi connectivity index (χ1n) is 8.65. The van der Waals surface area contributed by atoms with Crippen molar-refractivity contribution in [2.75, 3.05) is 14.2 Å². The summed E-state index contributed by atoms with van der Waals surface area (Å²) in [6.45, 7) is 4.42. The van der Waals surface area contributed by atoms with Crippen LogP contribution in [0.4, 0.5) is 0 Å². The van der Waals surface area contributed by atoms with E-state index in [2.05, 4.69) is 23.3 Å². The second-order valence-corrected chi connectivity index (χ2v) is 5.37. The van der Waals surface area contributed by atoms with Gasteiger partial charge >= 0.3 is 11.9 Å². The zero-order valence-corrected chi connectivity index (χ0v) is 16.3. The first-order valence-corrected chi connectivity index (χ1v) is 8.65. The Morgan fingerprint density at radius 2 is 1.07 bits per heavy atom. The number of carbonyl (C=O) groups excluding carboxylic acids is 2. The van der Waals surface area contributed by atoms with Crippen LogP contribution in [0.3, 0.4) is 0 Å². The molecule has 0 heterocycles. The Balaban J connectivity index is 0.000000405. The highest BCUT2D eigenvalue weighted by molar-refractivity contribution is 5.92. The Morgan fingerprint density at radius 3 is 1.30 bits per heavy atom. The molecule has 0 bridgehead atoms. The number of hydrogen-bond donors (Lipinski definition) is 2. The monoisotopic (exact) mass is 376 g/mol. The molecule has 6 heteroatoms. The van der Waals surface area contributed by atoms with E-state index in [9.17, 15) is 9.59 Å². The standard InChI is InChI=1S/2C8H8O3.C5H12/c2*1-11-8(10)6-4-2-3-5-7(6)9;1-3-5-4-2/h2*2-5,9H,1H3;3-5H2,1-2H3. The van der Waals surface area contributed by atoms with E-state index in [1.54, 1.807) is 24.3 Å². The van der Waals surface area contributed by atoms with E-state index in [0.717, 1.165) is 0 Å². The van der Waals surface area contributed by atoms with Crippen LogP contribution in [0.5, 0.6) is 11.5 Å². The average molecular weight is 376 g/mol. The number of carbonyl (C=O) groups is 2. The molecule has 27 heavy (non-hydrogen) atoms. The lowest BCUT2D eigenvalue weighted by atomic mass is 10.2. The summed E-state index contributed by atoms with van der Waals surface area (Å²) < 4.78 is 8.84. The summed E-state index contributed by atoms with van der Waals surface area (Å²) in [5.74, 6) is -1.16. The fourth-order valence-corrected chi connectivity index (χ4v) is 1.87. The van der Waals surface area contributed by atoms with Crippen LogP contribution in [0.1, 0.15) is 53.8 Å². The molecular weight excluding hydrogens is 348 g/mol. The molecule has 0 aromatic heterocycles. The number of methoxy groups -OCH3 is 2. The second kappa shape index (κ2) is 14.2. The van der Waals surface area contributed by atoms with Crippen molar-refractivity contribution >= 4 is 11.9 Å². The fraction of sp³-hybridized carbons (Fsp3) is 0.333. The molecule has 2 aromatic rings. The lowest BCUT2D eigenvalue weighted by Crippen LogP contribution is -2.00. The third kappa shape index (κ3) is 9.30. The summed E-state index contributed by atoms with van der Waals surface area (Å²) in [7, 11) is 2.55. The largest absolute Gasteiger partial charge is 0.507 e. The predicted octanol–water partition coefficient (Wildman–Crippen LogP) is 4.55. The van der Waals surface area contributed by atoms with Crippen molar-refractivity contribution in [3.05, 3.63) is 59.7 Å². The smallest absolute Gasteiger partial charge is 0.341 e. The molecule has 0 amide bonds. The van der Waals surface area contributed by atoms with Gasteiger partial charge in [0.05, 0.1) is 14.2 Å². The molecular formula is C21H28O6. The lowest BCUT2D eigenvalue weighted by molar-refractivity contribution is 0.0588. The molecule has 0 aliphatic rings. The Kier molecular flexibility index (Phi) is 12.6. The molecule has 0 atom stereocenters. The number of phenolic OH excluding ortho intramolecular Hbond substituents is 2. The van der Waals surface area contributed by atoms with E-state index in [0.29, 0.717) is 0 Å². The summed E-state index contributed by atoms with van der Waals surface area (Å²) in [5, 5.41) is 18.2. The minimum absolute atomic E-state index is 0.0562. The molecule has 0 unspecified atom stereocenters. The Morgan fingerprint density at radius 1 is 0.741 bits per heavy atom. The third-order valence-corrected chi connectivity index (χ3v) is 3.33.